The van der Waals surface area contributed by atoms with E-state index in [0.29, 0.717) is 0 Å². The lowest BCUT2D eigenvalue weighted by atomic mass is 9.91. The first-order valence-corrected chi connectivity index (χ1v) is 6.64. The van der Waals surface area contributed by atoms with E-state index in [9.17, 15) is 4.79 Å². The maximum Gasteiger partial charge on any atom is 0.166 e. The number of hydrogen-bond donors (Lipinski definition) is 0. The fourth-order valence-electron chi connectivity index (χ4n) is 2.46. The van der Waals surface area contributed by atoms with Crippen LogP contribution in [0.4, 0.5) is 0 Å². The van der Waals surface area contributed by atoms with Crippen LogP contribution in [-0.4, -0.2) is 5.78 Å². The third-order valence-corrected chi connectivity index (χ3v) is 3.77. The summed E-state index contributed by atoms with van der Waals surface area (Å²) in [5, 5.41) is 0. The highest BCUT2D eigenvalue weighted by Gasteiger charge is 2.49. The van der Waals surface area contributed by atoms with Gasteiger partial charge in [0.1, 0.15) is 0 Å². The molecule has 2 aromatic carbocycles. The summed E-state index contributed by atoms with van der Waals surface area (Å²) in [4.78, 5) is 12.4. The highest BCUT2D eigenvalue weighted by atomic mass is 16.1. The molecule has 1 heteroatoms. The molecule has 1 saturated carbocycles. The van der Waals surface area contributed by atoms with Crippen LogP contribution in [0.5, 0.6) is 0 Å². The van der Waals surface area contributed by atoms with Gasteiger partial charge in [0.15, 0.2) is 5.78 Å². The average Bonchev–Trinajstić information content (AvgIpc) is 3.28. The molecule has 0 aliphatic heterocycles. The van der Waals surface area contributed by atoms with Crippen LogP contribution in [0, 0.1) is 0 Å². The van der Waals surface area contributed by atoms with Gasteiger partial charge in [-0.15, -0.1) is 0 Å². The van der Waals surface area contributed by atoms with Crippen molar-refractivity contribution in [1.29, 1.82) is 0 Å². The largest absolute Gasteiger partial charge is 0.294 e. The lowest BCUT2D eigenvalue weighted by Gasteiger charge is -2.11. The van der Waals surface area contributed by atoms with Crippen LogP contribution in [0.3, 0.4) is 0 Å². The Morgan fingerprint density at radius 3 is 2.05 bits per heavy atom. The van der Waals surface area contributed by atoms with Crippen LogP contribution in [0.2, 0.25) is 0 Å². The minimum Gasteiger partial charge on any atom is -0.294 e. The van der Waals surface area contributed by atoms with Crippen LogP contribution in [0.25, 0.3) is 6.08 Å². The second-order valence-corrected chi connectivity index (χ2v) is 5.06. The van der Waals surface area contributed by atoms with Crippen molar-refractivity contribution >= 4 is 11.9 Å². The number of carbonyl (C=O) groups is 1. The van der Waals surface area contributed by atoms with Gasteiger partial charge in [-0.25, -0.2) is 0 Å². The Balaban J connectivity index is 1.80. The van der Waals surface area contributed by atoms with Gasteiger partial charge in [-0.3, -0.25) is 4.79 Å². The van der Waals surface area contributed by atoms with Crippen LogP contribution in [0.15, 0.2) is 66.7 Å². The van der Waals surface area contributed by atoms with Crippen molar-refractivity contribution in [3.63, 3.8) is 0 Å². The average molecular weight is 248 g/mol. The van der Waals surface area contributed by atoms with Crippen molar-refractivity contribution in [1.82, 2.24) is 0 Å². The minimum absolute atomic E-state index is 0.225. The summed E-state index contributed by atoms with van der Waals surface area (Å²) >= 11 is 0. The molecule has 0 spiro atoms. The molecule has 2 aromatic rings. The molecule has 0 aromatic heterocycles. The molecule has 0 atom stereocenters. The van der Waals surface area contributed by atoms with E-state index in [1.54, 1.807) is 6.08 Å². The smallest absolute Gasteiger partial charge is 0.166 e. The summed E-state index contributed by atoms with van der Waals surface area (Å²) in [6.07, 6.45) is 5.57. The van der Waals surface area contributed by atoms with Gasteiger partial charge in [-0.05, 0) is 30.0 Å². The Labute approximate surface area is 113 Å². The van der Waals surface area contributed by atoms with Gasteiger partial charge in [-0.1, -0.05) is 66.7 Å². The number of benzene rings is 2. The van der Waals surface area contributed by atoms with Gasteiger partial charge in [0, 0.05) is 0 Å². The normalized spacial score (nSPS) is 16.4. The maximum atomic E-state index is 12.4. The Hall–Kier alpha value is -2.15. The molecule has 0 radical (unpaired) electrons. The van der Waals surface area contributed by atoms with Gasteiger partial charge in [0.25, 0.3) is 0 Å². The topological polar surface area (TPSA) is 17.1 Å². The molecule has 0 unspecified atom stereocenters. The molecular weight excluding hydrogens is 232 g/mol. The predicted octanol–water partition coefficient (Wildman–Crippen LogP) is 4.00. The molecule has 94 valence electrons. The van der Waals surface area contributed by atoms with E-state index in [1.165, 1.54) is 0 Å². The fourth-order valence-corrected chi connectivity index (χ4v) is 2.46. The number of hydrogen-bond acceptors (Lipinski definition) is 1. The zero-order valence-corrected chi connectivity index (χ0v) is 10.8. The Morgan fingerprint density at radius 2 is 1.47 bits per heavy atom. The van der Waals surface area contributed by atoms with E-state index in [-0.39, 0.29) is 11.2 Å². The summed E-state index contributed by atoms with van der Waals surface area (Å²) in [6.45, 7) is 0. The molecule has 1 nitrogen and oxygen atoms in total. The highest BCUT2D eigenvalue weighted by molar-refractivity contribution is 6.03. The van der Waals surface area contributed by atoms with Crippen molar-refractivity contribution in [3.05, 3.63) is 77.9 Å². The minimum atomic E-state index is -0.244. The van der Waals surface area contributed by atoms with Gasteiger partial charge in [0.05, 0.1) is 5.41 Å². The molecule has 0 N–H and O–H groups in total. The first-order valence-electron chi connectivity index (χ1n) is 6.64. The van der Waals surface area contributed by atoms with Crippen molar-refractivity contribution in [3.8, 4) is 0 Å². The first kappa shape index (κ1) is 11.9. The summed E-state index contributed by atoms with van der Waals surface area (Å²) in [6, 6.07) is 20.1. The third-order valence-electron chi connectivity index (χ3n) is 3.77. The van der Waals surface area contributed by atoms with E-state index in [0.717, 1.165) is 24.0 Å². The summed E-state index contributed by atoms with van der Waals surface area (Å²) in [7, 11) is 0. The molecule has 0 amide bonds. The quantitative estimate of drug-likeness (QED) is 0.747. The second kappa shape index (κ2) is 4.85. The molecule has 1 aliphatic rings. The monoisotopic (exact) mass is 248 g/mol. The molecule has 0 heterocycles. The predicted molar refractivity (Wildman–Crippen MR) is 77.8 cm³/mol. The van der Waals surface area contributed by atoms with Crippen LogP contribution in [0.1, 0.15) is 24.0 Å². The van der Waals surface area contributed by atoms with E-state index in [4.69, 9.17) is 0 Å². The number of carbonyl (C=O) groups excluding carboxylic acids is 1. The van der Waals surface area contributed by atoms with Gasteiger partial charge >= 0.3 is 0 Å². The maximum absolute atomic E-state index is 12.4. The van der Waals surface area contributed by atoms with Crippen LogP contribution >= 0.6 is 0 Å². The summed E-state index contributed by atoms with van der Waals surface area (Å²) < 4.78 is 0. The van der Waals surface area contributed by atoms with Crippen LogP contribution in [-0.2, 0) is 10.2 Å². The Kier molecular flexibility index (Phi) is 3.04. The number of rotatable bonds is 4. The molecule has 1 fully saturated rings. The van der Waals surface area contributed by atoms with E-state index >= 15 is 0 Å². The molecular formula is C18H16O. The van der Waals surface area contributed by atoms with E-state index < -0.39 is 0 Å². The number of ketones is 1. The first-order chi connectivity index (χ1) is 9.31. The van der Waals surface area contributed by atoms with E-state index in [1.807, 2.05) is 54.6 Å². The van der Waals surface area contributed by atoms with Crippen molar-refractivity contribution < 1.29 is 4.79 Å². The summed E-state index contributed by atoms with van der Waals surface area (Å²) in [5.74, 6) is 0.225. The SMILES string of the molecule is O=C(/C=C/c1ccccc1)C1(c2ccccc2)CC1. The van der Waals surface area contributed by atoms with Crippen LogP contribution < -0.4 is 0 Å². The molecule has 1 aliphatic carbocycles. The Bertz CT molecular complexity index is 592. The fraction of sp³-hybridized carbons (Fsp3) is 0.167. The zero-order valence-electron chi connectivity index (χ0n) is 10.8. The lowest BCUT2D eigenvalue weighted by Crippen LogP contribution is -2.17. The van der Waals surface area contributed by atoms with Crippen molar-refractivity contribution in [2.45, 2.75) is 18.3 Å². The van der Waals surface area contributed by atoms with Crippen molar-refractivity contribution in [2.24, 2.45) is 0 Å². The molecule has 0 bridgehead atoms. The van der Waals surface area contributed by atoms with Gasteiger partial charge in [0.2, 0.25) is 0 Å². The third kappa shape index (κ3) is 2.37. The highest BCUT2D eigenvalue weighted by Crippen LogP contribution is 2.49. The second-order valence-electron chi connectivity index (χ2n) is 5.06. The molecule has 3 rings (SSSR count). The van der Waals surface area contributed by atoms with E-state index in [2.05, 4.69) is 12.1 Å². The lowest BCUT2D eigenvalue weighted by molar-refractivity contribution is -0.116. The Morgan fingerprint density at radius 1 is 0.895 bits per heavy atom. The standard InChI is InChI=1S/C18H16O/c19-17(12-11-15-7-3-1-4-8-15)18(13-14-18)16-9-5-2-6-10-16/h1-12H,13-14H2/b12-11+. The summed E-state index contributed by atoms with van der Waals surface area (Å²) in [5.41, 5.74) is 1.98. The molecule has 0 saturated heterocycles. The zero-order chi connectivity index (χ0) is 13.1. The molecule has 19 heavy (non-hydrogen) atoms. The van der Waals surface area contributed by atoms with Gasteiger partial charge < -0.3 is 0 Å². The van der Waals surface area contributed by atoms with Gasteiger partial charge in [-0.2, -0.15) is 0 Å². The number of allylic oxidation sites excluding steroid dienone is 1. The van der Waals surface area contributed by atoms with Crippen molar-refractivity contribution in [2.75, 3.05) is 0 Å².